The molecule has 0 saturated carbocycles. The van der Waals surface area contributed by atoms with E-state index in [2.05, 4.69) is 88.0 Å². The Hall–Kier alpha value is -2.60. The largest absolute Gasteiger partial charge is 0.374 e. The fraction of sp³-hybridized carbons (Fsp3) is 0.286. The molecular weight excluding hydrogens is 354 g/mol. The quantitative estimate of drug-likeness (QED) is 0.465. The molecule has 0 amide bonds. The van der Waals surface area contributed by atoms with E-state index in [0.717, 1.165) is 17.5 Å². The third-order valence-corrected chi connectivity index (χ3v) is 5.71. The van der Waals surface area contributed by atoms with Crippen LogP contribution in [0, 0.1) is 0 Å². The number of thioether (sulfide) groups is 1. The first-order chi connectivity index (χ1) is 13.0. The Morgan fingerprint density at radius 1 is 1.07 bits per heavy atom. The van der Waals surface area contributed by atoms with Crippen LogP contribution in [-0.2, 0) is 21.1 Å². The van der Waals surface area contributed by atoms with Crippen molar-refractivity contribution >= 4 is 29.6 Å². The van der Waals surface area contributed by atoms with Crippen LogP contribution < -0.4 is 14.0 Å². The van der Waals surface area contributed by atoms with E-state index in [1.165, 1.54) is 16.9 Å². The van der Waals surface area contributed by atoms with Crippen molar-refractivity contribution in [3.8, 4) is 0 Å². The van der Waals surface area contributed by atoms with Gasteiger partial charge in [0.15, 0.2) is 6.20 Å². The van der Waals surface area contributed by atoms with E-state index >= 15 is 0 Å². The van der Waals surface area contributed by atoms with E-state index in [1.807, 2.05) is 42.9 Å². The normalized spacial score (nSPS) is 11.3. The Morgan fingerprint density at radius 3 is 2.52 bits per heavy atom. The van der Waals surface area contributed by atoms with Gasteiger partial charge in [-0.15, -0.1) is 4.68 Å². The molecule has 27 heavy (non-hydrogen) atoms. The lowest BCUT2D eigenvalue weighted by atomic mass is 10.1. The molecule has 0 atom stereocenters. The minimum atomic E-state index is 0.977. The first kappa shape index (κ1) is 19.2. The van der Waals surface area contributed by atoms with Crippen LogP contribution in [0.25, 0.3) is 12.2 Å². The van der Waals surface area contributed by atoms with Gasteiger partial charge in [0.1, 0.15) is 7.05 Å². The summed E-state index contributed by atoms with van der Waals surface area (Å²) in [5, 5.41) is 5.43. The van der Waals surface area contributed by atoms with Crippen LogP contribution in [0.3, 0.4) is 0 Å². The molecule has 1 aromatic carbocycles. The minimum Gasteiger partial charge on any atom is -0.374 e. The molecule has 0 unspecified atom stereocenters. The van der Waals surface area contributed by atoms with Gasteiger partial charge in [0.2, 0.25) is 5.69 Å². The number of hydrogen-bond donors (Lipinski definition) is 0. The summed E-state index contributed by atoms with van der Waals surface area (Å²) in [6.45, 7) is 0.977. The summed E-state index contributed by atoms with van der Waals surface area (Å²) in [6, 6.07) is 14.9. The second-order valence-corrected chi connectivity index (χ2v) is 7.64. The van der Waals surface area contributed by atoms with Crippen LogP contribution in [0.5, 0.6) is 0 Å². The van der Waals surface area contributed by atoms with Crippen molar-refractivity contribution in [3.05, 3.63) is 66.2 Å². The molecule has 0 N–H and O–H groups in total. The summed E-state index contributed by atoms with van der Waals surface area (Å²) in [5.41, 5.74) is 3.61. The third-order valence-electron chi connectivity index (χ3n) is 4.51. The highest BCUT2D eigenvalue weighted by atomic mass is 32.2. The second-order valence-electron chi connectivity index (χ2n) is 6.58. The molecule has 140 valence electrons. The van der Waals surface area contributed by atoms with Crippen molar-refractivity contribution in [2.24, 2.45) is 21.1 Å². The van der Waals surface area contributed by atoms with E-state index in [0.29, 0.717) is 0 Å². The molecule has 2 aromatic heterocycles. The molecule has 0 aliphatic carbocycles. The summed E-state index contributed by atoms with van der Waals surface area (Å²) in [6.07, 6.45) is 8.19. The molecule has 0 saturated heterocycles. The van der Waals surface area contributed by atoms with Crippen LogP contribution in [0.1, 0.15) is 11.3 Å². The topological polar surface area (TPSA) is 28.8 Å². The molecule has 5 nitrogen and oxygen atoms in total. The average Bonchev–Trinajstić information content (AvgIpc) is 3.00. The first-order valence-corrected chi connectivity index (χ1v) is 9.97. The van der Waals surface area contributed by atoms with Gasteiger partial charge in [-0.3, -0.25) is 0 Å². The molecule has 3 aromatic rings. The van der Waals surface area contributed by atoms with Gasteiger partial charge in [-0.1, -0.05) is 23.9 Å². The molecule has 0 radical (unpaired) electrons. The van der Waals surface area contributed by atoms with Crippen LogP contribution in [0.15, 0.2) is 60.1 Å². The lowest BCUT2D eigenvalue weighted by Gasteiger charge is -2.18. The highest BCUT2D eigenvalue weighted by Gasteiger charge is 2.13. The predicted octanol–water partition coefficient (Wildman–Crippen LogP) is 2.47. The molecule has 0 aliphatic heterocycles. The number of aromatic nitrogens is 4. The lowest BCUT2D eigenvalue weighted by molar-refractivity contribution is -0.710. The van der Waals surface area contributed by atoms with Gasteiger partial charge >= 0.3 is 0 Å². The van der Waals surface area contributed by atoms with Crippen LogP contribution in [0.2, 0.25) is 0 Å². The SMILES string of the molecule is CN(CCSc1n(C)nc[n+]1C)c1ccc(/C=C/c2cccc[n+]2C)cc1. The Bertz CT molecular complexity index is 895. The van der Waals surface area contributed by atoms with Crippen molar-refractivity contribution in [1.82, 2.24) is 9.78 Å². The highest BCUT2D eigenvalue weighted by Crippen LogP contribution is 2.17. The van der Waals surface area contributed by atoms with E-state index in [9.17, 15) is 0 Å². The molecule has 3 rings (SSSR count). The molecule has 0 bridgehead atoms. The van der Waals surface area contributed by atoms with E-state index in [4.69, 9.17) is 0 Å². The number of anilines is 1. The minimum absolute atomic E-state index is 0.977. The Labute approximate surface area is 165 Å². The maximum atomic E-state index is 4.26. The van der Waals surface area contributed by atoms with Crippen LogP contribution in [-0.4, -0.2) is 29.1 Å². The Balaban J connectivity index is 1.55. The van der Waals surface area contributed by atoms with Gasteiger partial charge in [0.25, 0.3) is 11.5 Å². The smallest absolute Gasteiger partial charge is 0.295 e. The molecule has 0 aliphatic rings. The van der Waals surface area contributed by atoms with Gasteiger partial charge in [0.05, 0.1) is 14.1 Å². The van der Waals surface area contributed by atoms with Crippen LogP contribution in [0.4, 0.5) is 5.69 Å². The van der Waals surface area contributed by atoms with Crippen molar-refractivity contribution < 1.29 is 9.13 Å². The highest BCUT2D eigenvalue weighted by molar-refractivity contribution is 7.99. The summed E-state index contributed by atoms with van der Waals surface area (Å²) >= 11 is 1.82. The molecule has 0 fully saturated rings. The number of hydrogen-bond acceptors (Lipinski definition) is 3. The predicted molar refractivity (Wildman–Crippen MR) is 111 cm³/mol. The van der Waals surface area contributed by atoms with Gasteiger partial charge in [0, 0.05) is 48.3 Å². The Morgan fingerprint density at radius 2 is 1.85 bits per heavy atom. The van der Waals surface area contributed by atoms with E-state index < -0.39 is 0 Å². The van der Waals surface area contributed by atoms with E-state index in [-0.39, 0.29) is 0 Å². The van der Waals surface area contributed by atoms with E-state index in [1.54, 1.807) is 0 Å². The van der Waals surface area contributed by atoms with Gasteiger partial charge in [-0.2, -0.15) is 0 Å². The number of nitrogens with zero attached hydrogens (tertiary/aromatic N) is 5. The standard InChI is InChI=1S/C21H27N5S/c1-23-14-6-5-7-19(23)11-8-18-9-12-20(13-10-18)24(2)15-16-27-21-25(3)17-22-26(21)4/h5-14,17H,15-16H2,1-4H3/q+2. The summed E-state index contributed by atoms with van der Waals surface area (Å²) in [5.74, 6) is 1.01. The fourth-order valence-electron chi connectivity index (χ4n) is 2.81. The summed E-state index contributed by atoms with van der Waals surface area (Å²) in [4.78, 5) is 2.29. The average molecular weight is 382 g/mol. The van der Waals surface area contributed by atoms with Crippen molar-refractivity contribution in [1.29, 1.82) is 0 Å². The monoisotopic (exact) mass is 381 g/mol. The van der Waals surface area contributed by atoms with Gasteiger partial charge in [-0.05, 0) is 29.8 Å². The fourth-order valence-corrected chi connectivity index (χ4v) is 3.84. The van der Waals surface area contributed by atoms with Gasteiger partial charge < -0.3 is 4.90 Å². The zero-order valence-electron chi connectivity index (χ0n) is 16.4. The molecule has 2 heterocycles. The molecular formula is C21H27N5S+2. The summed E-state index contributed by atoms with van der Waals surface area (Å²) in [7, 11) is 8.20. The zero-order chi connectivity index (χ0) is 19.2. The maximum absolute atomic E-state index is 4.26. The maximum Gasteiger partial charge on any atom is 0.295 e. The first-order valence-electron chi connectivity index (χ1n) is 8.99. The number of rotatable bonds is 7. The Kier molecular flexibility index (Phi) is 6.29. The summed E-state index contributed by atoms with van der Waals surface area (Å²) < 4.78 is 6.08. The van der Waals surface area contributed by atoms with Crippen molar-refractivity contribution in [2.75, 3.05) is 24.2 Å². The molecule has 0 spiro atoms. The second kappa shape index (κ2) is 8.86. The van der Waals surface area contributed by atoms with Gasteiger partial charge in [-0.25, -0.2) is 9.13 Å². The zero-order valence-corrected chi connectivity index (χ0v) is 17.2. The lowest BCUT2D eigenvalue weighted by Crippen LogP contribution is -2.30. The number of benzene rings is 1. The number of aryl methyl sites for hydroxylation is 3. The third kappa shape index (κ3) is 4.98. The van der Waals surface area contributed by atoms with Crippen molar-refractivity contribution in [2.45, 2.75) is 5.16 Å². The van der Waals surface area contributed by atoms with Crippen molar-refractivity contribution in [3.63, 3.8) is 0 Å². The van der Waals surface area contributed by atoms with Crippen LogP contribution >= 0.6 is 11.8 Å². The number of pyridine rings is 1. The molecule has 6 heteroatoms.